The highest BCUT2D eigenvalue weighted by atomic mass is 19.1. The molecule has 1 amide bonds. The van der Waals surface area contributed by atoms with Gasteiger partial charge in [-0.3, -0.25) is 4.79 Å². The first-order valence-electron chi connectivity index (χ1n) is 8.40. The number of hydrogen-bond donors (Lipinski definition) is 1. The Morgan fingerprint density at radius 2 is 1.96 bits per heavy atom. The number of anilines is 2. The van der Waals surface area contributed by atoms with Crippen molar-refractivity contribution in [2.45, 2.75) is 6.42 Å². The summed E-state index contributed by atoms with van der Waals surface area (Å²) in [5.41, 5.74) is 0.562. The molecular formula is C18H19FN6O. The fourth-order valence-electron chi connectivity index (χ4n) is 2.80. The summed E-state index contributed by atoms with van der Waals surface area (Å²) in [6.07, 6.45) is 3.68. The van der Waals surface area contributed by atoms with Crippen LogP contribution in [0.5, 0.6) is 0 Å². The van der Waals surface area contributed by atoms with Crippen molar-refractivity contribution in [2.75, 3.05) is 42.9 Å². The largest absolute Gasteiger partial charge is 0.382 e. The van der Waals surface area contributed by atoms with E-state index in [2.05, 4.69) is 15.3 Å². The van der Waals surface area contributed by atoms with E-state index in [-0.39, 0.29) is 17.9 Å². The van der Waals surface area contributed by atoms with Crippen LogP contribution in [0.1, 0.15) is 12.0 Å². The number of halogens is 1. The molecule has 0 radical (unpaired) electrons. The smallest absolute Gasteiger partial charge is 0.225 e. The Morgan fingerprint density at radius 3 is 2.62 bits per heavy atom. The molecule has 1 saturated heterocycles. The summed E-state index contributed by atoms with van der Waals surface area (Å²) in [4.78, 5) is 24.6. The lowest BCUT2D eigenvalue weighted by molar-refractivity contribution is -0.131. The fourth-order valence-corrected chi connectivity index (χ4v) is 2.80. The number of nitrogens with zero attached hydrogens (tertiary/aromatic N) is 5. The van der Waals surface area contributed by atoms with Crippen LogP contribution in [0, 0.1) is 17.1 Å². The second-order valence-electron chi connectivity index (χ2n) is 5.90. The molecule has 134 valence electrons. The number of hydrogen-bond acceptors (Lipinski definition) is 6. The van der Waals surface area contributed by atoms with Gasteiger partial charge in [0.25, 0.3) is 0 Å². The summed E-state index contributed by atoms with van der Waals surface area (Å²) in [6, 6.07) is 7.88. The van der Waals surface area contributed by atoms with E-state index in [9.17, 15) is 9.18 Å². The van der Waals surface area contributed by atoms with Gasteiger partial charge in [-0.25, -0.2) is 14.4 Å². The Kier molecular flexibility index (Phi) is 5.59. The average Bonchev–Trinajstić information content (AvgIpc) is 2.70. The Bertz CT molecular complexity index is 799. The van der Waals surface area contributed by atoms with Crippen LogP contribution in [0.4, 0.5) is 16.0 Å². The number of rotatable bonds is 5. The van der Waals surface area contributed by atoms with Gasteiger partial charge >= 0.3 is 0 Å². The molecule has 2 heterocycles. The molecule has 0 bridgehead atoms. The second kappa shape index (κ2) is 8.25. The number of nitriles is 1. The van der Waals surface area contributed by atoms with Crippen LogP contribution in [0.3, 0.4) is 0 Å². The summed E-state index contributed by atoms with van der Waals surface area (Å²) in [5.74, 6) is 0.214. The van der Waals surface area contributed by atoms with Crippen molar-refractivity contribution >= 4 is 17.5 Å². The number of benzene rings is 1. The van der Waals surface area contributed by atoms with Gasteiger partial charge in [0.15, 0.2) is 0 Å². The Morgan fingerprint density at radius 1 is 1.23 bits per heavy atom. The molecule has 1 aromatic heterocycles. The second-order valence-corrected chi connectivity index (χ2v) is 5.90. The molecule has 1 aliphatic rings. The highest BCUT2D eigenvalue weighted by molar-refractivity contribution is 5.77. The zero-order valence-electron chi connectivity index (χ0n) is 14.2. The van der Waals surface area contributed by atoms with E-state index in [1.807, 2.05) is 11.0 Å². The van der Waals surface area contributed by atoms with Gasteiger partial charge in [-0.05, 0) is 24.3 Å². The van der Waals surface area contributed by atoms with Crippen molar-refractivity contribution < 1.29 is 9.18 Å². The van der Waals surface area contributed by atoms with Gasteiger partial charge in [-0.2, -0.15) is 5.26 Å². The molecule has 1 aromatic carbocycles. The molecule has 1 N–H and O–H groups in total. The van der Waals surface area contributed by atoms with Crippen LogP contribution in [-0.2, 0) is 4.79 Å². The normalized spacial score (nSPS) is 14.0. The highest BCUT2D eigenvalue weighted by Crippen LogP contribution is 2.15. The Balaban J connectivity index is 1.44. The summed E-state index contributed by atoms with van der Waals surface area (Å²) < 4.78 is 13.8. The average molecular weight is 354 g/mol. The summed E-state index contributed by atoms with van der Waals surface area (Å²) in [5, 5.41) is 11.6. The van der Waals surface area contributed by atoms with Gasteiger partial charge < -0.3 is 15.1 Å². The zero-order valence-corrected chi connectivity index (χ0v) is 14.2. The molecule has 1 fully saturated rings. The van der Waals surface area contributed by atoms with Crippen molar-refractivity contribution in [3.8, 4) is 6.07 Å². The molecule has 2 aromatic rings. The number of amides is 1. The van der Waals surface area contributed by atoms with Crippen molar-refractivity contribution in [2.24, 2.45) is 0 Å². The van der Waals surface area contributed by atoms with Crippen LogP contribution in [-0.4, -0.2) is 53.5 Å². The molecule has 7 nitrogen and oxygen atoms in total. The van der Waals surface area contributed by atoms with E-state index in [1.54, 1.807) is 23.4 Å². The zero-order chi connectivity index (χ0) is 18.4. The molecule has 0 aliphatic carbocycles. The van der Waals surface area contributed by atoms with Crippen molar-refractivity contribution in [3.05, 3.63) is 48.0 Å². The summed E-state index contributed by atoms with van der Waals surface area (Å²) in [7, 11) is 0. The molecule has 0 unspecified atom stereocenters. The minimum Gasteiger partial charge on any atom is -0.382 e. The van der Waals surface area contributed by atoms with E-state index >= 15 is 0 Å². The number of nitrogens with one attached hydrogen (secondary N) is 1. The lowest BCUT2D eigenvalue weighted by Crippen LogP contribution is -2.49. The maximum absolute atomic E-state index is 13.8. The van der Waals surface area contributed by atoms with Crippen molar-refractivity contribution in [1.82, 2.24) is 14.9 Å². The lowest BCUT2D eigenvalue weighted by Gasteiger charge is -2.34. The predicted octanol–water partition coefficient (Wildman–Crippen LogP) is 1.64. The summed E-state index contributed by atoms with van der Waals surface area (Å²) >= 11 is 0. The molecule has 3 rings (SSSR count). The van der Waals surface area contributed by atoms with Gasteiger partial charge in [0.1, 0.15) is 5.82 Å². The number of carbonyl (C=O) groups is 1. The van der Waals surface area contributed by atoms with Crippen molar-refractivity contribution in [1.29, 1.82) is 5.26 Å². The molecule has 0 atom stereocenters. The third kappa shape index (κ3) is 4.25. The van der Waals surface area contributed by atoms with Gasteiger partial charge in [0.2, 0.25) is 11.9 Å². The standard InChI is InChI=1S/C18H19FN6O/c19-15-12-14(13-20)2-3-16(15)21-7-4-17(26)24-8-10-25(11-9-24)18-22-5-1-6-23-18/h1-3,5-6,12,21H,4,7-11H2. The number of piperazine rings is 1. The first kappa shape index (κ1) is 17.6. The van der Waals surface area contributed by atoms with Gasteiger partial charge in [-0.1, -0.05) is 0 Å². The lowest BCUT2D eigenvalue weighted by atomic mass is 10.2. The quantitative estimate of drug-likeness (QED) is 0.879. The minimum atomic E-state index is -0.493. The topological polar surface area (TPSA) is 85.2 Å². The fraction of sp³-hybridized carbons (Fsp3) is 0.333. The van der Waals surface area contributed by atoms with E-state index in [0.29, 0.717) is 44.4 Å². The van der Waals surface area contributed by atoms with Gasteiger partial charge in [0.05, 0.1) is 17.3 Å². The molecule has 0 saturated carbocycles. The number of aromatic nitrogens is 2. The van der Waals surface area contributed by atoms with E-state index < -0.39 is 5.82 Å². The molecule has 26 heavy (non-hydrogen) atoms. The van der Waals surface area contributed by atoms with Crippen LogP contribution >= 0.6 is 0 Å². The third-order valence-corrected chi connectivity index (χ3v) is 4.22. The van der Waals surface area contributed by atoms with Crippen LogP contribution in [0.2, 0.25) is 0 Å². The maximum Gasteiger partial charge on any atom is 0.225 e. The SMILES string of the molecule is N#Cc1ccc(NCCC(=O)N2CCN(c3ncccn3)CC2)c(F)c1. The first-order chi connectivity index (χ1) is 12.7. The van der Waals surface area contributed by atoms with Crippen LogP contribution in [0.15, 0.2) is 36.7 Å². The van der Waals surface area contributed by atoms with Gasteiger partial charge in [-0.15, -0.1) is 0 Å². The molecule has 8 heteroatoms. The van der Waals surface area contributed by atoms with Crippen LogP contribution in [0.25, 0.3) is 0 Å². The van der Waals surface area contributed by atoms with E-state index in [4.69, 9.17) is 5.26 Å². The monoisotopic (exact) mass is 354 g/mol. The van der Waals surface area contributed by atoms with E-state index in [1.165, 1.54) is 18.2 Å². The Hall–Kier alpha value is -3.21. The summed E-state index contributed by atoms with van der Waals surface area (Å²) in [6.45, 7) is 2.94. The van der Waals surface area contributed by atoms with E-state index in [0.717, 1.165) is 0 Å². The maximum atomic E-state index is 13.8. The van der Waals surface area contributed by atoms with Crippen LogP contribution < -0.4 is 10.2 Å². The molecule has 1 aliphatic heterocycles. The minimum absolute atomic E-state index is 0.0279. The molecule has 0 spiro atoms. The predicted molar refractivity (Wildman–Crippen MR) is 95.0 cm³/mol. The Labute approximate surface area is 151 Å². The highest BCUT2D eigenvalue weighted by Gasteiger charge is 2.22. The number of carbonyl (C=O) groups excluding carboxylic acids is 1. The molecular weight excluding hydrogens is 335 g/mol. The van der Waals surface area contributed by atoms with Gasteiger partial charge in [0, 0.05) is 51.5 Å². The third-order valence-electron chi connectivity index (χ3n) is 4.22. The van der Waals surface area contributed by atoms with Crippen molar-refractivity contribution in [3.63, 3.8) is 0 Å². The first-order valence-corrected chi connectivity index (χ1v) is 8.40.